The quantitative estimate of drug-likeness (QED) is 0.767. The zero-order chi connectivity index (χ0) is 14.9. The standard InChI is InChI=1S/C18H25NO2/c1-3-4-7-12-18-13-8-11-17(20)19(18)14(2)15-9-5-6-10-16(15)21-18/h5-6,9-10,14H,3-4,7-8,11-13H2,1-2H3/t14-,18+/m1/s1. The normalized spacial score (nSPS) is 27.8. The molecule has 0 aromatic heterocycles. The van der Waals surface area contributed by atoms with E-state index >= 15 is 0 Å². The van der Waals surface area contributed by atoms with Gasteiger partial charge >= 0.3 is 0 Å². The first-order valence-electron chi connectivity index (χ1n) is 8.28. The summed E-state index contributed by atoms with van der Waals surface area (Å²) in [6.07, 6.45) is 7.02. The van der Waals surface area contributed by atoms with Crippen molar-refractivity contribution < 1.29 is 9.53 Å². The Kier molecular flexibility index (Phi) is 3.92. The molecule has 1 aromatic carbocycles. The minimum atomic E-state index is -0.404. The average Bonchev–Trinajstić information content (AvgIpc) is 2.47. The van der Waals surface area contributed by atoms with Crippen LogP contribution in [0, 0.1) is 0 Å². The maximum absolute atomic E-state index is 12.5. The van der Waals surface area contributed by atoms with Gasteiger partial charge in [-0.3, -0.25) is 9.69 Å². The summed E-state index contributed by atoms with van der Waals surface area (Å²) in [6, 6.07) is 8.29. The lowest BCUT2D eigenvalue weighted by Gasteiger charge is -2.53. The number of hydrogen-bond donors (Lipinski definition) is 0. The molecular formula is C18H25NO2. The SMILES string of the molecule is CCCCC[C@]12CCCC(=O)N1[C@H](C)c1ccccc1O2. The van der Waals surface area contributed by atoms with E-state index in [-0.39, 0.29) is 11.9 Å². The summed E-state index contributed by atoms with van der Waals surface area (Å²) >= 11 is 0. The molecule has 0 N–H and O–H groups in total. The van der Waals surface area contributed by atoms with Gasteiger partial charge in [0.2, 0.25) is 5.91 Å². The van der Waals surface area contributed by atoms with Crippen LogP contribution in [0.15, 0.2) is 24.3 Å². The Bertz CT molecular complexity index is 528. The van der Waals surface area contributed by atoms with Crippen LogP contribution in [0.1, 0.15) is 70.4 Å². The van der Waals surface area contributed by atoms with Crippen LogP contribution in [-0.4, -0.2) is 16.5 Å². The third kappa shape index (κ3) is 2.43. The lowest BCUT2D eigenvalue weighted by molar-refractivity contribution is -0.179. The van der Waals surface area contributed by atoms with Gasteiger partial charge < -0.3 is 4.74 Å². The highest BCUT2D eigenvalue weighted by Gasteiger charge is 2.49. The third-order valence-corrected chi connectivity index (χ3v) is 4.89. The van der Waals surface area contributed by atoms with E-state index in [0.717, 1.165) is 37.0 Å². The monoisotopic (exact) mass is 287 g/mol. The highest BCUT2D eigenvalue weighted by Crippen LogP contribution is 2.47. The lowest BCUT2D eigenvalue weighted by atomic mass is 9.87. The van der Waals surface area contributed by atoms with Crippen molar-refractivity contribution in [3.05, 3.63) is 29.8 Å². The van der Waals surface area contributed by atoms with E-state index in [4.69, 9.17) is 4.74 Å². The van der Waals surface area contributed by atoms with Crippen LogP contribution in [0.25, 0.3) is 0 Å². The topological polar surface area (TPSA) is 29.5 Å². The predicted octanol–water partition coefficient (Wildman–Crippen LogP) is 4.43. The summed E-state index contributed by atoms with van der Waals surface area (Å²) in [4.78, 5) is 14.6. The largest absolute Gasteiger partial charge is 0.468 e. The Balaban J connectivity index is 1.96. The fourth-order valence-electron chi connectivity index (χ4n) is 3.86. The molecule has 114 valence electrons. The van der Waals surface area contributed by atoms with Crippen LogP contribution in [0.2, 0.25) is 0 Å². The molecule has 0 radical (unpaired) electrons. The molecule has 3 rings (SSSR count). The smallest absolute Gasteiger partial charge is 0.226 e. The van der Waals surface area contributed by atoms with Crippen molar-refractivity contribution in [1.82, 2.24) is 4.90 Å². The number of unbranched alkanes of at least 4 members (excludes halogenated alkanes) is 2. The van der Waals surface area contributed by atoms with Crippen molar-refractivity contribution in [3.63, 3.8) is 0 Å². The predicted molar refractivity (Wildman–Crippen MR) is 83.1 cm³/mol. The van der Waals surface area contributed by atoms with Crippen LogP contribution in [-0.2, 0) is 4.79 Å². The Morgan fingerprint density at radius 2 is 2.14 bits per heavy atom. The molecule has 1 saturated heterocycles. The van der Waals surface area contributed by atoms with E-state index in [1.54, 1.807) is 0 Å². The average molecular weight is 287 g/mol. The Morgan fingerprint density at radius 3 is 2.95 bits per heavy atom. The van der Waals surface area contributed by atoms with Crippen molar-refractivity contribution in [2.45, 2.75) is 70.6 Å². The van der Waals surface area contributed by atoms with Gasteiger partial charge in [-0.05, 0) is 25.8 Å². The summed E-state index contributed by atoms with van der Waals surface area (Å²) in [5.41, 5.74) is 0.733. The first-order valence-corrected chi connectivity index (χ1v) is 8.28. The van der Waals surface area contributed by atoms with Crippen molar-refractivity contribution >= 4 is 5.91 Å². The first kappa shape index (κ1) is 14.4. The molecule has 0 bridgehead atoms. The highest BCUT2D eigenvalue weighted by molar-refractivity contribution is 5.79. The number of fused-ring (bicyclic) bond motifs is 2. The van der Waals surface area contributed by atoms with Gasteiger partial charge in [-0.15, -0.1) is 0 Å². The maximum Gasteiger partial charge on any atom is 0.226 e. The number of piperidine rings is 1. The molecule has 21 heavy (non-hydrogen) atoms. The van der Waals surface area contributed by atoms with E-state index in [1.165, 1.54) is 12.8 Å². The van der Waals surface area contributed by atoms with Crippen LogP contribution in [0.3, 0.4) is 0 Å². The van der Waals surface area contributed by atoms with E-state index in [0.29, 0.717) is 6.42 Å². The number of amides is 1. The van der Waals surface area contributed by atoms with Gasteiger partial charge in [-0.25, -0.2) is 0 Å². The third-order valence-electron chi connectivity index (χ3n) is 4.89. The van der Waals surface area contributed by atoms with Crippen molar-refractivity contribution in [3.8, 4) is 5.75 Å². The second-order valence-electron chi connectivity index (χ2n) is 6.34. The molecule has 0 unspecified atom stereocenters. The second-order valence-corrected chi connectivity index (χ2v) is 6.34. The fourth-order valence-corrected chi connectivity index (χ4v) is 3.86. The molecule has 2 heterocycles. The van der Waals surface area contributed by atoms with Gasteiger partial charge in [0.1, 0.15) is 5.75 Å². The van der Waals surface area contributed by atoms with Crippen LogP contribution < -0.4 is 4.74 Å². The zero-order valence-electron chi connectivity index (χ0n) is 13.1. The van der Waals surface area contributed by atoms with Gasteiger partial charge in [0.05, 0.1) is 6.04 Å². The molecule has 1 fully saturated rings. The number of carbonyl (C=O) groups excluding carboxylic acids is 1. The van der Waals surface area contributed by atoms with Crippen molar-refractivity contribution in [2.75, 3.05) is 0 Å². The molecule has 3 nitrogen and oxygen atoms in total. The van der Waals surface area contributed by atoms with E-state index in [2.05, 4.69) is 19.9 Å². The molecular weight excluding hydrogens is 262 g/mol. The van der Waals surface area contributed by atoms with Gasteiger partial charge in [-0.2, -0.15) is 0 Å². The number of ether oxygens (including phenoxy) is 1. The lowest BCUT2D eigenvalue weighted by Crippen LogP contribution is -2.61. The van der Waals surface area contributed by atoms with Crippen LogP contribution in [0.5, 0.6) is 5.75 Å². The summed E-state index contributed by atoms with van der Waals surface area (Å²) in [5, 5.41) is 0. The van der Waals surface area contributed by atoms with E-state index < -0.39 is 5.72 Å². The number of para-hydroxylation sites is 1. The molecule has 1 aromatic rings. The Hall–Kier alpha value is -1.51. The number of nitrogens with zero attached hydrogens (tertiary/aromatic N) is 1. The summed E-state index contributed by atoms with van der Waals surface area (Å²) in [6.45, 7) is 4.35. The van der Waals surface area contributed by atoms with Gasteiger partial charge in [0, 0.05) is 24.8 Å². The summed E-state index contributed by atoms with van der Waals surface area (Å²) in [5.74, 6) is 1.22. The number of carbonyl (C=O) groups is 1. The second kappa shape index (κ2) is 5.70. The molecule has 2 aliphatic rings. The van der Waals surface area contributed by atoms with Gasteiger partial charge in [0.25, 0.3) is 0 Å². The highest BCUT2D eigenvalue weighted by atomic mass is 16.5. The minimum absolute atomic E-state index is 0.115. The number of rotatable bonds is 4. The van der Waals surface area contributed by atoms with E-state index in [1.807, 2.05) is 23.1 Å². The first-order chi connectivity index (χ1) is 10.2. The van der Waals surface area contributed by atoms with Crippen LogP contribution in [0.4, 0.5) is 0 Å². The summed E-state index contributed by atoms with van der Waals surface area (Å²) < 4.78 is 6.42. The Morgan fingerprint density at radius 1 is 1.33 bits per heavy atom. The number of benzene rings is 1. The minimum Gasteiger partial charge on any atom is -0.468 e. The molecule has 1 amide bonds. The van der Waals surface area contributed by atoms with Crippen molar-refractivity contribution in [1.29, 1.82) is 0 Å². The molecule has 0 spiro atoms. The Labute approximate surface area is 127 Å². The molecule has 2 atom stereocenters. The van der Waals surface area contributed by atoms with Crippen molar-refractivity contribution in [2.24, 2.45) is 0 Å². The molecule has 0 aliphatic carbocycles. The fraction of sp³-hybridized carbons (Fsp3) is 0.611. The van der Waals surface area contributed by atoms with Gasteiger partial charge in [-0.1, -0.05) is 38.0 Å². The molecule has 2 aliphatic heterocycles. The number of hydrogen-bond acceptors (Lipinski definition) is 2. The zero-order valence-corrected chi connectivity index (χ0v) is 13.1. The van der Waals surface area contributed by atoms with E-state index in [9.17, 15) is 4.79 Å². The molecule has 3 heteroatoms. The van der Waals surface area contributed by atoms with Gasteiger partial charge in [0.15, 0.2) is 5.72 Å². The van der Waals surface area contributed by atoms with Crippen LogP contribution >= 0.6 is 0 Å². The summed E-state index contributed by atoms with van der Waals surface area (Å²) in [7, 11) is 0. The maximum atomic E-state index is 12.5. The molecule has 0 saturated carbocycles.